The van der Waals surface area contributed by atoms with E-state index in [1.165, 1.54) is 11.1 Å². The van der Waals surface area contributed by atoms with Crippen LogP contribution in [0.2, 0.25) is 0 Å². The van der Waals surface area contributed by atoms with Crippen LogP contribution in [0.1, 0.15) is 37.3 Å². The molecule has 0 aliphatic heterocycles. The van der Waals surface area contributed by atoms with Crippen molar-refractivity contribution in [1.82, 2.24) is 0 Å². The molecule has 2 unspecified atom stereocenters. The standard InChI is InChI=1S/C12H19N/c1-4-12(13)10(3)11-7-5-6-9(2)8-11/h5-8,10,12H,4,13H2,1-3H3. The van der Waals surface area contributed by atoms with Crippen molar-refractivity contribution in [3.05, 3.63) is 35.4 Å². The maximum absolute atomic E-state index is 6.00. The summed E-state index contributed by atoms with van der Waals surface area (Å²) in [6, 6.07) is 8.88. The molecule has 1 heteroatoms. The van der Waals surface area contributed by atoms with E-state index in [4.69, 9.17) is 5.73 Å². The van der Waals surface area contributed by atoms with Crippen LogP contribution < -0.4 is 5.73 Å². The van der Waals surface area contributed by atoms with Crippen LogP contribution in [-0.4, -0.2) is 6.04 Å². The average Bonchev–Trinajstić information content (AvgIpc) is 2.15. The molecule has 0 aliphatic carbocycles. The van der Waals surface area contributed by atoms with Crippen LogP contribution in [0.3, 0.4) is 0 Å². The van der Waals surface area contributed by atoms with Gasteiger partial charge in [-0.15, -0.1) is 0 Å². The van der Waals surface area contributed by atoms with Crippen molar-refractivity contribution in [2.24, 2.45) is 5.73 Å². The van der Waals surface area contributed by atoms with Gasteiger partial charge in [0.05, 0.1) is 0 Å². The van der Waals surface area contributed by atoms with E-state index in [2.05, 4.69) is 45.0 Å². The van der Waals surface area contributed by atoms with E-state index < -0.39 is 0 Å². The highest BCUT2D eigenvalue weighted by atomic mass is 14.6. The Kier molecular flexibility index (Phi) is 3.49. The molecule has 13 heavy (non-hydrogen) atoms. The minimum atomic E-state index is 0.279. The molecule has 0 aromatic heterocycles. The fourth-order valence-corrected chi connectivity index (χ4v) is 1.55. The predicted molar refractivity (Wildman–Crippen MR) is 57.9 cm³/mol. The predicted octanol–water partition coefficient (Wildman–Crippen LogP) is 2.84. The number of hydrogen-bond donors (Lipinski definition) is 1. The summed E-state index contributed by atoms with van der Waals surface area (Å²) in [7, 11) is 0. The molecule has 1 nitrogen and oxygen atoms in total. The van der Waals surface area contributed by atoms with Crippen molar-refractivity contribution in [3.63, 3.8) is 0 Å². The molecule has 0 radical (unpaired) electrons. The second-order valence-corrected chi connectivity index (χ2v) is 3.77. The first-order chi connectivity index (χ1) is 6.15. The molecule has 2 atom stereocenters. The van der Waals surface area contributed by atoms with Crippen LogP contribution in [0.25, 0.3) is 0 Å². The fourth-order valence-electron chi connectivity index (χ4n) is 1.55. The van der Waals surface area contributed by atoms with Crippen molar-refractivity contribution in [2.75, 3.05) is 0 Å². The van der Waals surface area contributed by atoms with Gasteiger partial charge in [0.2, 0.25) is 0 Å². The van der Waals surface area contributed by atoms with Crippen LogP contribution in [-0.2, 0) is 0 Å². The van der Waals surface area contributed by atoms with Crippen molar-refractivity contribution < 1.29 is 0 Å². The Labute approximate surface area is 81.0 Å². The Morgan fingerprint density at radius 1 is 1.38 bits per heavy atom. The first-order valence-electron chi connectivity index (χ1n) is 4.97. The van der Waals surface area contributed by atoms with E-state index in [0.29, 0.717) is 5.92 Å². The van der Waals surface area contributed by atoms with Gasteiger partial charge >= 0.3 is 0 Å². The van der Waals surface area contributed by atoms with Crippen molar-refractivity contribution in [3.8, 4) is 0 Å². The summed E-state index contributed by atoms with van der Waals surface area (Å²) in [6.07, 6.45) is 1.04. The summed E-state index contributed by atoms with van der Waals surface area (Å²) in [5, 5.41) is 0. The number of hydrogen-bond acceptors (Lipinski definition) is 1. The second kappa shape index (κ2) is 4.43. The molecule has 0 fully saturated rings. The minimum Gasteiger partial charge on any atom is -0.327 e. The molecule has 0 saturated carbocycles. The van der Waals surface area contributed by atoms with Gasteiger partial charge in [-0.05, 0) is 24.8 Å². The number of rotatable bonds is 3. The number of aryl methyl sites for hydroxylation is 1. The normalized spacial score (nSPS) is 15.4. The summed E-state index contributed by atoms with van der Waals surface area (Å²) >= 11 is 0. The van der Waals surface area contributed by atoms with Gasteiger partial charge in [-0.25, -0.2) is 0 Å². The Bertz CT molecular complexity index is 268. The molecule has 1 rings (SSSR count). The molecule has 72 valence electrons. The Balaban J connectivity index is 2.82. The lowest BCUT2D eigenvalue weighted by Crippen LogP contribution is -2.25. The molecular formula is C12H19N. The molecule has 1 aromatic carbocycles. The van der Waals surface area contributed by atoms with Gasteiger partial charge in [0.1, 0.15) is 0 Å². The van der Waals surface area contributed by atoms with Crippen LogP contribution >= 0.6 is 0 Å². The van der Waals surface area contributed by atoms with Crippen LogP contribution in [0.15, 0.2) is 24.3 Å². The van der Waals surface area contributed by atoms with E-state index in [9.17, 15) is 0 Å². The Morgan fingerprint density at radius 3 is 2.62 bits per heavy atom. The quantitative estimate of drug-likeness (QED) is 0.755. The van der Waals surface area contributed by atoms with Gasteiger partial charge < -0.3 is 5.73 Å². The van der Waals surface area contributed by atoms with Gasteiger partial charge in [-0.3, -0.25) is 0 Å². The molecule has 0 spiro atoms. The van der Waals surface area contributed by atoms with Crippen LogP contribution in [0, 0.1) is 6.92 Å². The summed E-state index contributed by atoms with van der Waals surface area (Å²) in [5.74, 6) is 0.463. The zero-order valence-electron chi connectivity index (χ0n) is 8.75. The third kappa shape index (κ3) is 2.56. The highest BCUT2D eigenvalue weighted by Gasteiger charge is 2.12. The van der Waals surface area contributed by atoms with Crippen molar-refractivity contribution in [1.29, 1.82) is 0 Å². The van der Waals surface area contributed by atoms with E-state index in [1.54, 1.807) is 0 Å². The summed E-state index contributed by atoms with van der Waals surface area (Å²) in [4.78, 5) is 0. The zero-order valence-corrected chi connectivity index (χ0v) is 8.75. The maximum atomic E-state index is 6.00. The molecule has 0 amide bonds. The van der Waals surface area contributed by atoms with Gasteiger partial charge in [0, 0.05) is 6.04 Å². The molecule has 0 aliphatic rings. The smallest absolute Gasteiger partial charge is 0.0103 e. The third-order valence-corrected chi connectivity index (χ3v) is 2.68. The van der Waals surface area contributed by atoms with Gasteiger partial charge in [0.15, 0.2) is 0 Å². The summed E-state index contributed by atoms with van der Waals surface area (Å²) in [5.41, 5.74) is 8.67. The van der Waals surface area contributed by atoms with E-state index >= 15 is 0 Å². The van der Waals surface area contributed by atoms with Crippen molar-refractivity contribution in [2.45, 2.75) is 39.2 Å². The summed E-state index contributed by atoms with van der Waals surface area (Å²) in [6.45, 7) is 6.45. The molecular weight excluding hydrogens is 158 g/mol. The lowest BCUT2D eigenvalue weighted by molar-refractivity contribution is 0.551. The Hall–Kier alpha value is -0.820. The SMILES string of the molecule is CCC(N)C(C)c1cccc(C)c1. The van der Waals surface area contributed by atoms with E-state index in [-0.39, 0.29) is 6.04 Å². The van der Waals surface area contributed by atoms with Gasteiger partial charge in [-0.1, -0.05) is 43.7 Å². The maximum Gasteiger partial charge on any atom is 0.0103 e. The molecule has 0 bridgehead atoms. The lowest BCUT2D eigenvalue weighted by atomic mass is 9.91. The van der Waals surface area contributed by atoms with Crippen LogP contribution in [0.5, 0.6) is 0 Å². The van der Waals surface area contributed by atoms with Crippen LogP contribution in [0.4, 0.5) is 0 Å². The first-order valence-corrected chi connectivity index (χ1v) is 4.97. The zero-order chi connectivity index (χ0) is 9.84. The number of nitrogens with two attached hydrogens (primary N) is 1. The molecule has 1 aromatic rings. The fraction of sp³-hybridized carbons (Fsp3) is 0.500. The third-order valence-electron chi connectivity index (χ3n) is 2.68. The average molecular weight is 177 g/mol. The molecule has 2 N–H and O–H groups in total. The van der Waals surface area contributed by atoms with E-state index in [1.807, 2.05) is 0 Å². The lowest BCUT2D eigenvalue weighted by Gasteiger charge is -2.18. The number of benzene rings is 1. The van der Waals surface area contributed by atoms with Gasteiger partial charge in [0.25, 0.3) is 0 Å². The highest BCUT2D eigenvalue weighted by molar-refractivity contribution is 5.25. The van der Waals surface area contributed by atoms with Crippen molar-refractivity contribution >= 4 is 0 Å². The first kappa shape index (κ1) is 10.3. The largest absolute Gasteiger partial charge is 0.327 e. The summed E-state index contributed by atoms with van der Waals surface area (Å²) < 4.78 is 0. The van der Waals surface area contributed by atoms with E-state index in [0.717, 1.165) is 6.42 Å². The second-order valence-electron chi connectivity index (χ2n) is 3.77. The van der Waals surface area contributed by atoms with Gasteiger partial charge in [-0.2, -0.15) is 0 Å². The molecule has 0 saturated heterocycles. The highest BCUT2D eigenvalue weighted by Crippen LogP contribution is 2.20. The monoisotopic (exact) mass is 177 g/mol. The molecule has 0 heterocycles. The topological polar surface area (TPSA) is 26.0 Å². The Morgan fingerprint density at radius 2 is 2.08 bits per heavy atom. The minimum absolute atomic E-state index is 0.279.